The number of carbonyl (C=O) groups is 1. The van der Waals surface area contributed by atoms with Crippen molar-refractivity contribution in [2.45, 2.75) is 13.3 Å². The summed E-state index contributed by atoms with van der Waals surface area (Å²) in [6.45, 7) is 2.87. The summed E-state index contributed by atoms with van der Waals surface area (Å²) in [5.41, 5.74) is 6.34. The maximum absolute atomic E-state index is 11.0. The highest BCUT2D eigenvalue weighted by molar-refractivity contribution is 7.99. The van der Waals surface area contributed by atoms with Crippen molar-refractivity contribution in [3.63, 3.8) is 0 Å². The van der Waals surface area contributed by atoms with E-state index in [1.165, 1.54) is 0 Å². The van der Waals surface area contributed by atoms with Crippen LogP contribution in [0, 0.1) is 0 Å². The molecule has 0 radical (unpaired) electrons. The number of nitrogen functional groups attached to an aromatic ring is 1. The van der Waals surface area contributed by atoms with Gasteiger partial charge in [0.05, 0.1) is 19.0 Å². The second-order valence-corrected chi connectivity index (χ2v) is 4.74. The van der Waals surface area contributed by atoms with E-state index in [1.54, 1.807) is 17.8 Å². The van der Waals surface area contributed by atoms with Crippen LogP contribution < -0.4 is 10.5 Å². The number of thioether (sulfide) groups is 1. The molecule has 0 fully saturated rings. The molecular weight excluding hydrogens is 250 g/mol. The van der Waals surface area contributed by atoms with Gasteiger partial charge in [-0.25, -0.2) is 0 Å². The minimum Gasteiger partial charge on any atom is -0.493 e. The highest BCUT2D eigenvalue weighted by atomic mass is 32.2. The van der Waals surface area contributed by atoms with Crippen LogP contribution in [0.2, 0.25) is 0 Å². The maximum atomic E-state index is 11.0. The van der Waals surface area contributed by atoms with Crippen molar-refractivity contribution in [3.05, 3.63) is 24.3 Å². The van der Waals surface area contributed by atoms with Crippen LogP contribution in [-0.2, 0) is 9.53 Å². The number of ether oxygens (including phenoxy) is 2. The summed E-state index contributed by atoms with van der Waals surface area (Å²) in [4.78, 5) is 11.0. The molecular formula is C13H19NO3S. The van der Waals surface area contributed by atoms with E-state index in [-0.39, 0.29) is 5.97 Å². The van der Waals surface area contributed by atoms with Gasteiger partial charge in [-0.2, -0.15) is 11.8 Å². The molecule has 18 heavy (non-hydrogen) atoms. The molecule has 5 heteroatoms. The zero-order valence-corrected chi connectivity index (χ0v) is 11.4. The first-order valence-corrected chi connectivity index (χ1v) is 7.09. The SMILES string of the molecule is CCOC(=O)CSCCCOc1cccc(N)c1. The van der Waals surface area contributed by atoms with E-state index in [2.05, 4.69) is 0 Å². The fourth-order valence-corrected chi connectivity index (χ4v) is 2.03. The van der Waals surface area contributed by atoms with Gasteiger partial charge in [0.2, 0.25) is 0 Å². The van der Waals surface area contributed by atoms with Gasteiger partial charge in [0, 0.05) is 11.8 Å². The lowest BCUT2D eigenvalue weighted by Gasteiger charge is -2.06. The van der Waals surface area contributed by atoms with E-state index in [1.807, 2.05) is 25.1 Å². The molecule has 0 heterocycles. The molecule has 1 aromatic carbocycles. The van der Waals surface area contributed by atoms with Gasteiger partial charge in [-0.15, -0.1) is 0 Å². The lowest BCUT2D eigenvalue weighted by molar-refractivity contribution is -0.139. The molecule has 0 bridgehead atoms. The van der Waals surface area contributed by atoms with Crippen LogP contribution in [-0.4, -0.2) is 30.7 Å². The van der Waals surface area contributed by atoms with E-state index in [0.717, 1.165) is 17.9 Å². The Bertz CT molecular complexity index is 371. The second kappa shape index (κ2) is 8.69. The van der Waals surface area contributed by atoms with Crippen molar-refractivity contribution in [2.24, 2.45) is 0 Å². The molecule has 0 aliphatic heterocycles. The largest absolute Gasteiger partial charge is 0.493 e. The minimum atomic E-state index is -0.153. The van der Waals surface area contributed by atoms with Crippen LogP contribution in [0.4, 0.5) is 5.69 Å². The molecule has 0 aliphatic carbocycles. The number of rotatable bonds is 8. The smallest absolute Gasteiger partial charge is 0.315 e. The molecule has 4 nitrogen and oxygen atoms in total. The summed E-state index contributed by atoms with van der Waals surface area (Å²) in [5.74, 6) is 1.91. The Morgan fingerprint density at radius 3 is 3.00 bits per heavy atom. The molecule has 0 unspecified atom stereocenters. The predicted molar refractivity (Wildman–Crippen MR) is 74.9 cm³/mol. The molecule has 2 N–H and O–H groups in total. The van der Waals surface area contributed by atoms with Crippen LogP contribution in [0.3, 0.4) is 0 Å². The van der Waals surface area contributed by atoms with Crippen molar-refractivity contribution < 1.29 is 14.3 Å². The number of carbonyl (C=O) groups excluding carboxylic acids is 1. The quantitative estimate of drug-likeness (QED) is 0.446. The zero-order chi connectivity index (χ0) is 13.2. The van der Waals surface area contributed by atoms with Gasteiger partial charge in [0.25, 0.3) is 0 Å². The molecule has 1 aromatic rings. The fourth-order valence-electron chi connectivity index (χ4n) is 1.31. The molecule has 1 rings (SSSR count). The van der Waals surface area contributed by atoms with E-state index in [0.29, 0.717) is 24.7 Å². The van der Waals surface area contributed by atoms with Crippen molar-refractivity contribution in [1.82, 2.24) is 0 Å². The van der Waals surface area contributed by atoms with Crippen LogP contribution in [0.15, 0.2) is 24.3 Å². The lowest BCUT2D eigenvalue weighted by Crippen LogP contribution is -2.07. The summed E-state index contributed by atoms with van der Waals surface area (Å²) < 4.78 is 10.4. The summed E-state index contributed by atoms with van der Waals surface area (Å²) in [5, 5.41) is 0. The van der Waals surface area contributed by atoms with Crippen LogP contribution in [0.1, 0.15) is 13.3 Å². The van der Waals surface area contributed by atoms with E-state index < -0.39 is 0 Å². The Hall–Kier alpha value is -1.36. The maximum Gasteiger partial charge on any atom is 0.315 e. The second-order valence-electron chi connectivity index (χ2n) is 3.63. The Morgan fingerprint density at radius 1 is 1.44 bits per heavy atom. The van der Waals surface area contributed by atoms with E-state index in [4.69, 9.17) is 15.2 Å². The van der Waals surface area contributed by atoms with Gasteiger partial charge >= 0.3 is 5.97 Å². The average molecular weight is 269 g/mol. The Kier molecular flexibility index (Phi) is 7.10. The molecule has 0 aliphatic rings. The number of nitrogens with two attached hydrogens (primary N) is 1. The van der Waals surface area contributed by atoms with Gasteiger partial charge in [-0.3, -0.25) is 4.79 Å². The Balaban J connectivity index is 2.04. The van der Waals surface area contributed by atoms with Crippen LogP contribution >= 0.6 is 11.8 Å². The predicted octanol–water partition coefficient (Wildman–Crippen LogP) is 2.33. The first kappa shape index (κ1) is 14.7. The third-order valence-corrected chi connectivity index (χ3v) is 3.10. The Labute approximate surface area is 112 Å². The fraction of sp³-hybridized carbons (Fsp3) is 0.462. The number of benzene rings is 1. The van der Waals surface area contributed by atoms with Gasteiger partial charge in [0.15, 0.2) is 0 Å². The number of esters is 1. The van der Waals surface area contributed by atoms with Crippen molar-refractivity contribution in [1.29, 1.82) is 0 Å². The number of hydrogen-bond donors (Lipinski definition) is 1. The highest BCUT2D eigenvalue weighted by Gasteiger charge is 2.01. The van der Waals surface area contributed by atoms with Crippen LogP contribution in [0.25, 0.3) is 0 Å². The third kappa shape index (κ3) is 6.39. The highest BCUT2D eigenvalue weighted by Crippen LogP contribution is 2.14. The van der Waals surface area contributed by atoms with Crippen molar-refractivity contribution >= 4 is 23.4 Å². The first-order valence-electron chi connectivity index (χ1n) is 5.94. The topological polar surface area (TPSA) is 61.5 Å². The van der Waals surface area contributed by atoms with E-state index in [9.17, 15) is 4.79 Å². The lowest BCUT2D eigenvalue weighted by atomic mass is 10.3. The standard InChI is InChI=1S/C13H19NO3S/c1-2-16-13(15)10-18-8-4-7-17-12-6-3-5-11(14)9-12/h3,5-6,9H,2,4,7-8,10,14H2,1H3. The molecule has 0 saturated carbocycles. The average Bonchev–Trinajstić information content (AvgIpc) is 2.34. The minimum absolute atomic E-state index is 0.153. The number of anilines is 1. The van der Waals surface area contributed by atoms with Gasteiger partial charge in [0.1, 0.15) is 5.75 Å². The number of hydrogen-bond acceptors (Lipinski definition) is 5. The van der Waals surface area contributed by atoms with Crippen molar-refractivity contribution in [3.8, 4) is 5.75 Å². The third-order valence-electron chi connectivity index (χ3n) is 2.09. The molecule has 0 aromatic heterocycles. The van der Waals surface area contributed by atoms with Crippen LogP contribution in [0.5, 0.6) is 5.75 Å². The van der Waals surface area contributed by atoms with Crippen molar-refractivity contribution in [2.75, 3.05) is 30.5 Å². The molecule has 0 amide bonds. The summed E-state index contributed by atoms with van der Waals surface area (Å²) in [6, 6.07) is 7.36. The summed E-state index contributed by atoms with van der Waals surface area (Å²) >= 11 is 1.56. The Morgan fingerprint density at radius 2 is 2.28 bits per heavy atom. The normalized spacial score (nSPS) is 10.1. The summed E-state index contributed by atoms with van der Waals surface area (Å²) in [6.07, 6.45) is 0.888. The molecule has 0 spiro atoms. The van der Waals surface area contributed by atoms with Gasteiger partial charge in [-0.05, 0) is 31.2 Å². The van der Waals surface area contributed by atoms with Gasteiger partial charge in [-0.1, -0.05) is 6.07 Å². The van der Waals surface area contributed by atoms with Gasteiger partial charge < -0.3 is 15.2 Å². The zero-order valence-electron chi connectivity index (χ0n) is 10.6. The summed E-state index contributed by atoms with van der Waals surface area (Å²) in [7, 11) is 0. The molecule has 100 valence electrons. The van der Waals surface area contributed by atoms with E-state index >= 15 is 0 Å². The molecule has 0 atom stereocenters. The molecule has 0 saturated heterocycles. The first-order chi connectivity index (χ1) is 8.72. The monoisotopic (exact) mass is 269 g/mol.